The molecule has 1 aromatic carbocycles. The Hall–Kier alpha value is -2.24. The number of carboxylic acid groups (broad SMARTS) is 1. The lowest BCUT2D eigenvalue weighted by atomic mass is 9.78. The fourth-order valence-corrected chi connectivity index (χ4v) is 3.63. The Morgan fingerprint density at radius 2 is 1.96 bits per heavy atom. The van der Waals surface area contributed by atoms with Crippen LogP contribution in [0.2, 0.25) is 0 Å². The number of ether oxygens (including phenoxy) is 1. The average Bonchev–Trinajstić information content (AvgIpc) is 3.09. The Bertz CT molecular complexity index is 611. The van der Waals surface area contributed by atoms with E-state index in [1.54, 1.807) is 21.1 Å². The summed E-state index contributed by atoms with van der Waals surface area (Å²) in [7, 11) is 3.29. The van der Waals surface area contributed by atoms with Crippen molar-refractivity contribution in [1.29, 1.82) is 0 Å². The van der Waals surface area contributed by atoms with Crippen LogP contribution in [0.25, 0.3) is 0 Å². The number of urea groups is 1. The molecular formula is C19H28N2O4. The summed E-state index contributed by atoms with van der Waals surface area (Å²) in [5.41, 5.74) is 1.01. The van der Waals surface area contributed by atoms with Crippen molar-refractivity contribution in [2.75, 3.05) is 27.2 Å². The second-order valence-corrected chi connectivity index (χ2v) is 6.97. The van der Waals surface area contributed by atoms with Gasteiger partial charge in [-0.15, -0.1) is 0 Å². The van der Waals surface area contributed by atoms with Crippen LogP contribution in [0.5, 0.6) is 5.75 Å². The van der Waals surface area contributed by atoms with E-state index in [-0.39, 0.29) is 18.0 Å². The molecule has 1 aliphatic rings. The van der Waals surface area contributed by atoms with Gasteiger partial charge >= 0.3 is 12.0 Å². The number of aliphatic carboxylic acids is 1. The predicted octanol–water partition coefficient (Wildman–Crippen LogP) is 2.87. The van der Waals surface area contributed by atoms with E-state index < -0.39 is 11.9 Å². The number of carbonyl (C=O) groups excluding carboxylic acids is 1. The third kappa shape index (κ3) is 4.44. The molecule has 0 heterocycles. The molecule has 1 aromatic rings. The molecule has 0 radical (unpaired) electrons. The fourth-order valence-electron chi connectivity index (χ4n) is 3.63. The standard InChI is InChI=1S/C19H28N2O4/c1-14(17(22)23)12-21(2)18(24)20-13-19(10-6-7-11-19)15-8-4-5-9-16(15)25-3/h4-5,8-9,14H,6-7,10-13H2,1-3H3,(H,20,24)(H,22,23). The van der Waals surface area contributed by atoms with Gasteiger partial charge in [-0.1, -0.05) is 38.0 Å². The zero-order valence-electron chi connectivity index (χ0n) is 15.2. The Labute approximate surface area is 149 Å². The van der Waals surface area contributed by atoms with Crippen molar-refractivity contribution in [3.05, 3.63) is 29.8 Å². The van der Waals surface area contributed by atoms with Crippen LogP contribution in [-0.2, 0) is 10.2 Å². The minimum atomic E-state index is -0.902. The van der Waals surface area contributed by atoms with Gasteiger partial charge in [0.25, 0.3) is 0 Å². The normalized spacial score (nSPS) is 16.9. The highest BCUT2D eigenvalue weighted by Crippen LogP contribution is 2.44. The van der Waals surface area contributed by atoms with Crippen molar-refractivity contribution >= 4 is 12.0 Å². The van der Waals surface area contributed by atoms with Gasteiger partial charge < -0.3 is 20.1 Å². The molecule has 0 bridgehead atoms. The van der Waals surface area contributed by atoms with E-state index in [2.05, 4.69) is 11.4 Å². The number of methoxy groups -OCH3 is 1. The van der Waals surface area contributed by atoms with Gasteiger partial charge in [0.05, 0.1) is 13.0 Å². The maximum atomic E-state index is 12.4. The number of hydrogen-bond donors (Lipinski definition) is 2. The summed E-state index contributed by atoms with van der Waals surface area (Å²) in [5.74, 6) is -0.641. The predicted molar refractivity (Wildman–Crippen MR) is 96.0 cm³/mol. The lowest BCUT2D eigenvalue weighted by molar-refractivity contribution is -0.141. The molecule has 2 N–H and O–H groups in total. The first-order valence-electron chi connectivity index (χ1n) is 8.75. The zero-order chi connectivity index (χ0) is 18.4. The first-order valence-corrected chi connectivity index (χ1v) is 8.75. The molecule has 2 rings (SSSR count). The van der Waals surface area contributed by atoms with Crippen LogP contribution in [0.1, 0.15) is 38.2 Å². The monoisotopic (exact) mass is 348 g/mol. The number of nitrogens with one attached hydrogen (secondary N) is 1. The fraction of sp³-hybridized carbons (Fsp3) is 0.579. The number of para-hydroxylation sites is 1. The molecule has 1 atom stereocenters. The molecule has 0 spiro atoms. The van der Waals surface area contributed by atoms with Gasteiger partial charge in [0.1, 0.15) is 5.75 Å². The largest absolute Gasteiger partial charge is 0.496 e. The molecule has 1 unspecified atom stereocenters. The molecular weight excluding hydrogens is 320 g/mol. The van der Waals surface area contributed by atoms with Crippen LogP contribution in [0.4, 0.5) is 4.79 Å². The highest BCUT2D eigenvalue weighted by Gasteiger charge is 2.38. The van der Waals surface area contributed by atoms with E-state index in [0.717, 1.165) is 37.0 Å². The first kappa shape index (κ1) is 19.1. The maximum Gasteiger partial charge on any atom is 0.317 e. The molecule has 25 heavy (non-hydrogen) atoms. The highest BCUT2D eigenvalue weighted by molar-refractivity contribution is 5.75. The summed E-state index contributed by atoms with van der Waals surface area (Å²) >= 11 is 0. The summed E-state index contributed by atoms with van der Waals surface area (Å²) in [4.78, 5) is 24.8. The van der Waals surface area contributed by atoms with Gasteiger partial charge in [-0.2, -0.15) is 0 Å². The number of nitrogens with zero attached hydrogens (tertiary/aromatic N) is 1. The van der Waals surface area contributed by atoms with Crippen LogP contribution in [0.15, 0.2) is 24.3 Å². The molecule has 1 aliphatic carbocycles. The highest BCUT2D eigenvalue weighted by atomic mass is 16.5. The van der Waals surface area contributed by atoms with Crippen LogP contribution >= 0.6 is 0 Å². The van der Waals surface area contributed by atoms with Crippen molar-refractivity contribution in [3.63, 3.8) is 0 Å². The number of benzene rings is 1. The Balaban J connectivity index is 2.07. The molecule has 0 aromatic heterocycles. The zero-order valence-corrected chi connectivity index (χ0v) is 15.2. The SMILES string of the molecule is COc1ccccc1C1(CNC(=O)N(C)CC(C)C(=O)O)CCCC1. The van der Waals surface area contributed by atoms with Gasteiger partial charge in [0.2, 0.25) is 0 Å². The smallest absolute Gasteiger partial charge is 0.317 e. The third-order valence-electron chi connectivity index (χ3n) is 5.13. The van der Waals surface area contributed by atoms with Crippen molar-refractivity contribution < 1.29 is 19.4 Å². The second-order valence-electron chi connectivity index (χ2n) is 6.97. The molecule has 138 valence electrons. The lowest BCUT2D eigenvalue weighted by Crippen LogP contribution is -2.46. The van der Waals surface area contributed by atoms with Gasteiger partial charge in [0, 0.05) is 31.1 Å². The molecule has 1 saturated carbocycles. The number of rotatable bonds is 7. The molecule has 1 fully saturated rings. The minimum Gasteiger partial charge on any atom is -0.496 e. The van der Waals surface area contributed by atoms with Crippen LogP contribution in [0.3, 0.4) is 0 Å². The summed E-state index contributed by atoms with van der Waals surface area (Å²) in [6, 6.07) is 7.74. The topological polar surface area (TPSA) is 78.9 Å². The van der Waals surface area contributed by atoms with E-state index in [0.29, 0.717) is 6.54 Å². The quantitative estimate of drug-likeness (QED) is 0.794. The Morgan fingerprint density at radius 3 is 2.56 bits per heavy atom. The number of amides is 2. The van der Waals surface area contributed by atoms with Gasteiger partial charge in [-0.3, -0.25) is 4.79 Å². The minimum absolute atomic E-state index is 0.123. The third-order valence-corrected chi connectivity index (χ3v) is 5.13. The van der Waals surface area contributed by atoms with Gasteiger partial charge in [-0.05, 0) is 18.9 Å². The molecule has 0 aliphatic heterocycles. The molecule has 0 saturated heterocycles. The molecule has 6 heteroatoms. The van der Waals surface area contributed by atoms with Crippen LogP contribution < -0.4 is 10.1 Å². The first-order chi connectivity index (χ1) is 11.9. The maximum absolute atomic E-state index is 12.4. The number of carboxylic acids is 1. The summed E-state index contributed by atoms with van der Waals surface area (Å²) < 4.78 is 5.53. The van der Waals surface area contributed by atoms with Gasteiger partial charge in [-0.25, -0.2) is 4.79 Å². The van der Waals surface area contributed by atoms with E-state index in [1.165, 1.54) is 4.90 Å². The summed E-state index contributed by atoms with van der Waals surface area (Å²) in [5, 5.41) is 12.0. The van der Waals surface area contributed by atoms with Crippen molar-refractivity contribution in [3.8, 4) is 5.75 Å². The average molecular weight is 348 g/mol. The Morgan fingerprint density at radius 1 is 1.32 bits per heavy atom. The Kier molecular flexibility index (Phi) is 6.28. The van der Waals surface area contributed by atoms with Crippen molar-refractivity contribution in [2.45, 2.75) is 38.0 Å². The van der Waals surface area contributed by atoms with E-state index in [4.69, 9.17) is 9.84 Å². The lowest BCUT2D eigenvalue weighted by Gasteiger charge is -2.32. The van der Waals surface area contributed by atoms with E-state index in [1.807, 2.05) is 18.2 Å². The molecule has 2 amide bonds. The molecule has 6 nitrogen and oxygen atoms in total. The second kappa shape index (κ2) is 8.23. The number of carbonyl (C=O) groups is 2. The summed E-state index contributed by atoms with van der Waals surface area (Å²) in [6.45, 7) is 2.31. The number of hydrogen-bond acceptors (Lipinski definition) is 3. The van der Waals surface area contributed by atoms with Crippen molar-refractivity contribution in [1.82, 2.24) is 10.2 Å². The van der Waals surface area contributed by atoms with Crippen LogP contribution in [-0.4, -0.2) is 49.3 Å². The van der Waals surface area contributed by atoms with Crippen LogP contribution in [0, 0.1) is 5.92 Å². The van der Waals surface area contributed by atoms with E-state index in [9.17, 15) is 9.59 Å². The van der Waals surface area contributed by atoms with E-state index >= 15 is 0 Å². The summed E-state index contributed by atoms with van der Waals surface area (Å²) in [6.07, 6.45) is 4.26. The van der Waals surface area contributed by atoms with Gasteiger partial charge in [0.15, 0.2) is 0 Å². The van der Waals surface area contributed by atoms with Crippen molar-refractivity contribution in [2.24, 2.45) is 5.92 Å².